The summed E-state index contributed by atoms with van der Waals surface area (Å²) in [5.74, 6) is 0. The first-order valence-electron chi connectivity index (χ1n) is 2.90. The van der Waals surface area contributed by atoms with Crippen LogP contribution in [0.25, 0.3) is 0 Å². The van der Waals surface area contributed by atoms with Crippen molar-refractivity contribution in [3.8, 4) is 0 Å². The molecule has 0 N–H and O–H groups in total. The van der Waals surface area contributed by atoms with E-state index in [0.29, 0.717) is 0 Å². The quantitative estimate of drug-likeness (QED) is 0.381. The Morgan fingerprint density at radius 1 is 1.38 bits per heavy atom. The van der Waals surface area contributed by atoms with Crippen molar-refractivity contribution in [2.45, 2.75) is 26.2 Å². The number of rotatable bonds is 4. The SMILES string of the molecule is BOCCCCC.[NaH]. The van der Waals surface area contributed by atoms with Gasteiger partial charge in [-0.1, -0.05) is 19.8 Å². The minimum atomic E-state index is 0. The van der Waals surface area contributed by atoms with Crippen molar-refractivity contribution in [2.24, 2.45) is 0 Å². The third-order valence-corrected chi connectivity index (χ3v) is 0.952. The molecule has 0 aromatic heterocycles. The summed E-state index contributed by atoms with van der Waals surface area (Å²) in [5, 5.41) is 0. The van der Waals surface area contributed by atoms with Gasteiger partial charge in [0.25, 0.3) is 8.05 Å². The molecule has 0 radical (unpaired) electrons. The average molecular weight is 124 g/mol. The van der Waals surface area contributed by atoms with Crippen molar-refractivity contribution < 1.29 is 4.65 Å². The van der Waals surface area contributed by atoms with E-state index in [-0.39, 0.29) is 29.6 Å². The van der Waals surface area contributed by atoms with Gasteiger partial charge >= 0.3 is 29.6 Å². The number of hydrogen-bond donors (Lipinski definition) is 0. The predicted molar refractivity (Wildman–Crippen MR) is 41.2 cm³/mol. The summed E-state index contributed by atoms with van der Waals surface area (Å²) in [5.41, 5.74) is 0. The normalized spacial score (nSPS) is 8.12. The molecule has 0 atom stereocenters. The van der Waals surface area contributed by atoms with Crippen LogP contribution < -0.4 is 0 Å². The van der Waals surface area contributed by atoms with Crippen molar-refractivity contribution in [1.29, 1.82) is 0 Å². The van der Waals surface area contributed by atoms with Gasteiger partial charge in [0.2, 0.25) is 0 Å². The van der Waals surface area contributed by atoms with Gasteiger partial charge in [-0.2, -0.15) is 0 Å². The van der Waals surface area contributed by atoms with Crippen LogP contribution in [0.5, 0.6) is 0 Å². The topological polar surface area (TPSA) is 9.23 Å². The van der Waals surface area contributed by atoms with Gasteiger partial charge < -0.3 is 4.65 Å². The van der Waals surface area contributed by atoms with Crippen LogP contribution in [-0.2, 0) is 4.65 Å². The molecular formula is C5H14BNaO. The maximum atomic E-state index is 4.84. The van der Waals surface area contributed by atoms with Crippen LogP contribution in [0.3, 0.4) is 0 Å². The molecule has 0 aliphatic heterocycles. The van der Waals surface area contributed by atoms with Crippen molar-refractivity contribution in [1.82, 2.24) is 0 Å². The molecule has 0 aromatic carbocycles. The molecule has 0 bridgehead atoms. The fraction of sp³-hybridized carbons (Fsp3) is 1.00. The van der Waals surface area contributed by atoms with Crippen LogP contribution in [0.15, 0.2) is 0 Å². The van der Waals surface area contributed by atoms with E-state index in [1.54, 1.807) is 8.05 Å². The van der Waals surface area contributed by atoms with Crippen LogP contribution >= 0.6 is 0 Å². The van der Waals surface area contributed by atoms with Crippen molar-refractivity contribution in [2.75, 3.05) is 6.61 Å². The van der Waals surface area contributed by atoms with E-state index in [9.17, 15) is 0 Å². The van der Waals surface area contributed by atoms with E-state index in [1.807, 2.05) is 0 Å². The van der Waals surface area contributed by atoms with E-state index in [4.69, 9.17) is 4.65 Å². The van der Waals surface area contributed by atoms with E-state index in [1.165, 1.54) is 19.3 Å². The fourth-order valence-electron chi connectivity index (χ4n) is 0.496. The molecule has 0 unspecified atom stereocenters. The molecular weight excluding hydrogens is 110 g/mol. The number of hydrogen-bond acceptors (Lipinski definition) is 1. The van der Waals surface area contributed by atoms with Crippen LogP contribution in [0.4, 0.5) is 0 Å². The Balaban J connectivity index is 0. The van der Waals surface area contributed by atoms with Gasteiger partial charge in [0.1, 0.15) is 0 Å². The van der Waals surface area contributed by atoms with E-state index >= 15 is 0 Å². The van der Waals surface area contributed by atoms with Gasteiger partial charge in [-0.3, -0.25) is 0 Å². The molecule has 44 valence electrons. The zero-order valence-electron chi connectivity index (χ0n) is 5.24. The Morgan fingerprint density at radius 3 is 2.38 bits per heavy atom. The summed E-state index contributed by atoms with van der Waals surface area (Å²) in [4.78, 5) is 0. The van der Waals surface area contributed by atoms with Crippen molar-refractivity contribution >= 4 is 37.6 Å². The molecule has 0 spiro atoms. The second kappa shape index (κ2) is 10.9. The predicted octanol–water partition coefficient (Wildman–Crippen LogP) is 0.0928. The molecule has 3 heteroatoms. The zero-order chi connectivity index (χ0) is 5.54. The summed E-state index contributed by atoms with van der Waals surface area (Å²) in [6.07, 6.45) is 3.80. The Labute approximate surface area is 74.9 Å². The third-order valence-electron chi connectivity index (χ3n) is 0.952. The second-order valence-electron chi connectivity index (χ2n) is 1.70. The molecule has 0 heterocycles. The first kappa shape index (κ1) is 11.8. The molecule has 8 heavy (non-hydrogen) atoms. The number of unbranched alkanes of at least 4 members (excludes halogenated alkanes) is 2. The van der Waals surface area contributed by atoms with Gasteiger partial charge in [-0.05, 0) is 6.42 Å². The second-order valence-corrected chi connectivity index (χ2v) is 1.70. The van der Waals surface area contributed by atoms with Gasteiger partial charge in [0.05, 0.1) is 0 Å². The van der Waals surface area contributed by atoms with Crippen molar-refractivity contribution in [3.05, 3.63) is 0 Å². The van der Waals surface area contributed by atoms with Crippen LogP contribution in [0, 0.1) is 0 Å². The third kappa shape index (κ3) is 10.1. The molecule has 0 aromatic rings. The van der Waals surface area contributed by atoms with E-state index in [0.717, 1.165) is 6.61 Å². The van der Waals surface area contributed by atoms with Crippen LogP contribution in [0.1, 0.15) is 26.2 Å². The first-order valence-corrected chi connectivity index (χ1v) is 2.90. The molecule has 0 aliphatic rings. The Kier molecular flexibility index (Phi) is 16.1. The average Bonchev–Trinajstić information content (AvgIpc) is 1.69. The summed E-state index contributed by atoms with van der Waals surface area (Å²) < 4.78 is 4.84. The van der Waals surface area contributed by atoms with Crippen molar-refractivity contribution in [3.63, 3.8) is 0 Å². The molecule has 0 aliphatic carbocycles. The summed E-state index contributed by atoms with van der Waals surface area (Å²) in [6, 6.07) is 0. The maximum absolute atomic E-state index is 4.84. The zero-order valence-corrected chi connectivity index (χ0v) is 5.24. The molecule has 0 rings (SSSR count). The Bertz CT molecular complexity index is 31.6. The Morgan fingerprint density at radius 2 is 2.00 bits per heavy atom. The van der Waals surface area contributed by atoms with E-state index in [2.05, 4.69) is 6.92 Å². The van der Waals surface area contributed by atoms with Gasteiger partial charge in [0.15, 0.2) is 0 Å². The van der Waals surface area contributed by atoms with Crippen LogP contribution in [-0.4, -0.2) is 44.2 Å². The fourth-order valence-corrected chi connectivity index (χ4v) is 0.496. The summed E-state index contributed by atoms with van der Waals surface area (Å²) >= 11 is 0. The minimum absolute atomic E-state index is 0. The van der Waals surface area contributed by atoms with Crippen LogP contribution in [0.2, 0.25) is 0 Å². The standard InChI is InChI=1S/C5H13BO.Na.H/c1-2-3-4-5-7-6;;/h2-6H2,1H3;;. The van der Waals surface area contributed by atoms with Gasteiger partial charge in [0, 0.05) is 6.61 Å². The summed E-state index contributed by atoms with van der Waals surface area (Å²) in [7, 11) is 1.75. The molecule has 1 nitrogen and oxygen atoms in total. The molecule has 0 fully saturated rings. The molecule has 0 saturated carbocycles. The molecule has 0 amide bonds. The monoisotopic (exact) mass is 124 g/mol. The van der Waals surface area contributed by atoms with Gasteiger partial charge in [-0.15, -0.1) is 0 Å². The van der Waals surface area contributed by atoms with Gasteiger partial charge in [-0.25, -0.2) is 0 Å². The molecule has 0 saturated heterocycles. The Hall–Kier alpha value is 1.02. The first-order chi connectivity index (χ1) is 3.41. The summed E-state index contributed by atoms with van der Waals surface area (Å²) in [6.45, 7) is 3.11. The van der Waals surface area contributed by atoms with E-state index < -0.39 is 0 Å².